The highest BCUT2D eigenvalue weighted by Crippen LogP contribution is 2.22. The average Bonchev–Trinajstić information content (AvgIpc) is 3.11. The molecule has 1 aliphatic rings. The molecule has 5 N–H and O–H groups in total. The summed E-state index contributed by atoms with van der Waals surface area (Å²) in [5.41, 5.74) is 7.69. The molecule has 1 aromatic carbocycles. The van der Waals surface area contributed by atoms with Crippen molar-refractivity contribution in [2.75, 3.05) is 25.7 Å². The van der Waals surface area contributed by atoms with Gasteiger partial charge in [-0.25, -0.2) is 9.78 Å². The normalized spacial score (nSPS) is 15.6. The standard InChI is InChI=1S/C18H26N6O3/c1-26-14-7-3-2-6-13(14)10-20-18(25)27-9-5-4-8-24-12-23-15-16(19)21-11-22-17(15)24/h2-3,6-7,12,16,21-22H,4-5,8-11,19H2,1H3,(H,20,25). The summed E-state index contributed by atoms with van der Waals surface area (Å²) in [6.45, 7) is 2.14. The second-order valence-electron chi connectivity index (χ2n) is 6.22. The van der Waals surface area contributed by atoms with Crippen LogP contribution in [0, 0.1) is 0 Å². The van der Waals surface area contributed by atoms with Crippen molar-refractivity contribution in [2.45, 2.75) is 32.1 Å². The lowest BCUT2D eigenvalue weighted by atomic mass is 10.2. The van der Waals surface area contributed by atoms with E-state index in [1.165, 1.54) is 0 Å². The maximum Gasteiger partial charge on any atom is 0.407 e. The lowest BCUT2D eigenvalue weighted by molar-refractivity contribution is 0.143. The number of carbonyl (C=O) groups is 1. The molecule has 0 bridgehead atoms. The molecule has 3 rings (SSSR count). The first-order valence-corrected chi connectivity index (χ1v) is 8.99. The van der Waals surface area contributed by atoms with Crippen molar-refractivity contribution in [3.05, 3.63) is 41.9 Å². The maximum atomic E-state index is 11.8. The van der Waals surface area contributed by atoms with E-state index in [4.69, 9.17) is 15.2 Å². The molecule has 9 nitrogen and oxygen atoms in total. The molecule has 0 spiro atoms. The third kappa shape index (κ3) is 4.89. The summed E-state index contributed by atoms with van der Waals surface area (Å²) < 4.78 is 12.5. The molecule has 27 heavy (non-hydrogen) atoms. The van der Waals surface area contributed by atoms with Crippen molar-refractivity contribution >= 4 is 11.9 Å². The zero-order chi connectivity index (χ0) is 19.1. The second-order valence-corrected chi connectivity index (χ2v) is 6.22. The van der Waals surface area contributed by atoms with E-state index < -0.39 is 6.09 Å². The minimum Gasteiger partial charge on any atom is -0.496 e. The minimum absolute atomic E-state index is 0.238. The number of rotatable bonds is 8. The lowest BCUT2D eigenvalue weighted by Gasteiger charge is -2.22. The van der Waals surface area contributed by atoms with Crippen LogP contribution in [0.15, 0.2) is 30.6 Å². The Bertz CT molecular complexity index is 763. The van der Waals surface area contributed by atoms with Crippen LogP contribution in [0.2, 0.25) is 0 Å². The number of benzene rings is 1. The number of hydrogen-bond acceptors (Lipinski definition) is 7. The van der Waals surface area contributed by atoms with Crippen LogP contribution in [-0.4, -0.2) is 36.0 Å². The molecule has 146 valence electrons. The molecular weight excluding hydrogens is 348 g/mol. The molecule has 9 heteroatoms. The highest BCUT2D eigenvalue weighted by atomic mass is 16.5. The number of alkyl carbamates (subject to hydrolysis) is 1. The van der Waals surface area contributed by atoms with E-state index in [2.05, 4.69) is 20.9 Å². The van der Waals surface area contributed by atoms with Crippen LogP contribution in [0.3, 0.4) is 0 Å². The van der Waals surface area contributed by atoms with Gasteiger partial charge in [-0.1, -0.05) is 18.2 Å². The van der Waals surface area contributed by atoms with Crippen LogP contribution in [0.5, 0.6) is 5.75 Å². The topological polar surface area (TPSA) is 115 Å². The number of nitrogens with one attached hydrogen (secondary N) is 3. The largest absolute Gasteiger partial charge is 0.496 e. The average molecular weight is 374 g/mol. The van der Waals surface area contributed by atoms with Gasteiger partial charge < -0.3 is 30.4 Å². The van der Waals surface area contributed by atoms with Crippen molar-refractivity contribution < 1.29 is 14.3 Å². The first kappa shape index (κ1) is 19.0. The molecule has 0 radical (unpaired) electrons. The van der Waals surface area contributed by atoms with Crippen LogP contribution >= 0.6 is 0 Å². The highest BCUT2D eigenvalue weighted by Gasteiger charge is 2.20. The number of imidazole rings is 1. The van der Waals surface area contributed by atoms with Gasteiger partial charge in [-0.05, 0) is 18.9 Å². The number of methoxy groups -OCH3 is 1. The number of unbranched alkanes of at least 4 members (excludes halogenated alkanes) is 1. The van der Waals surface area contributed by atoms with E-state index in [1.54, 1.807) is 13.4 Å². The van der Waals surface area contributed by atoms with Crippen molar-refractivity contribution in [1.29, 1.82) is 0 Å². The number of aryl methyl sites for hydroxylation is 1. The summed E-state index contributed by atoms with van der Waals surface area (Å²) in [4.78, 5) is 16.2. The predicted molar refractivity (Wildman–Crippen MR) is 101 cm³/mol. The summed E-state index contributed by atoms with van der Waals surface area (Å²) in [6, 6.07) is 7.55. The molecule has 2 aromatic rings. The number of nitrogens with two attached hydrogens (primary N) is 1. The molecule has 1 unspecified atom stereocenters. The van der Waals surface area contributed by atoms with E-state index in [0.29, 0.717) is 19.8 Å². The molecule has 0 fully saturated rings. The maximum absolute atomic E-state index is 11.8. The van der Waals surface area contributed by atoms with E-state index in [1.807, 2.05) is 28.8 Å². The third-order valence-corrected chi connectivity index (χ3v) is 4.38. The Kier molecular flexibility index (Phi) is 6.50. The van der Waals surface area contributed by atoms with Gasteiger partial charge in [0.25, 0.3) is 0 Å². The predicted octanol–water partition coefficient (Wildman–Crippen LogP) is 1.53. The monoisotopic (exact) mass is 374 g/mol. The molecular formula is C18H26N6O3. The summed E-state index contributed by atoms with van der Waals surface area (Å²) in [5.74, 6) is 1.70. The first-order chi connectivity index (χ1) is 13.2. The SMILES string of the molecule is COc1ccccc1CNC(=O)OCCCCn1cnc2c1NCNC2N. The van der Waals surface area contributed by atoms with Crippen LogP contribution < -0.4 is 26.4 Å². The van der Waals surface area contributed by atoms with Gasteiger partial charge in [-0.2, -0.15) is 0 Å². The van der Waals surface area contributed by atoms with Gasteiger partial charge in [-0.3, -0.25) is 5.32 Å². The van der Waals surface area contributed by atoms with Gasteiger partial charge in [0.05, 0.1) is 26.7 Å². The Morgan fingerprint density at radius 2 is 2.26 bits per heavy atom. The molecule has 1 aromatic heterocycles. The Hall–Kier alpha value is -2.78. The molecule has 1 atom stereocenters. The van der Waals surface area contributed by atoms with Crippen molar-refractivity contribution in [1.82, 2.24) is 20.2 Å². The molecule has 0 aliphatic carbocycles. The summed E-state index contributed by atoms with van der Waals surface area (Å²) >= 11 is 0. The van der Waals surface area contributed by atoms with Gasteiger partial charge >= 0.3 is 6.09 Å². The van der Waals surface area contributed by atoms with Gasteiger partial charge in [0.2, 0.25) is 0 Å². The fourth-order valence-electron chi connectivity index (χ4n) is 2.95. The van der Waals surface area contributed by atoms with Crippen molar-refractivity contribution in [2.24, 2.45) is 5.73 Å². The molecule has 1 amide bonds. The Labute approximate surface area is 158 Å². The zero-order valence-corrected chi connectivity index (χ0v) is 15.4. The van der Waals surface area contributed by atoms with Gasteiger partial charge in [0, 0.05) is 18.7 Å². The van der Waals surface area contributed by atoms with E-state index in [9.17, 15) is 4.79 Å². The van der Waals surface area contributed by atoms with Gasteiger partial charge in [0.1, 0.15) is 23.4 Å². The Balaban J connectivity index is 1.34. The van der Waals surface area contributed by atoms with Gasteiger partial charge in [0.15, 0.2) is 0 Å². The molecule has 2 heterocycles. The number of fused-ring (bicyclic) bond motifs is 1. The van der Waals surface area contributed by atoms with Gasteiger partial charge in [-0.15, -0.1) is 0 Å². The highest BCUT2D eigenvalue weighted by molar-refractivity contribution is 5.67. The number of para-hydroxylation sites is 1. The molecule has 1 aliphatic heterocycles. The van der Waals surface area contributed by atoms with E-state index in [0.717, 1.165) is 42.2 Å². The quantitative estimate of drug-likeness (QED) is 0.518. The Morgan fingerprint density at radius 3 is 3.11 bits per heavy atom. The number of ether oxygens (including phenoxy) is 2. The van der Waals surface area contributed by atoms with Crippen LogP contribution in [0.4, 0.5) is 10.6 Å². The smallest absolute Gasteiger partial charge is 0.407 e. The number of hydrogen-bond donors (Lipinski definition) is 4. The summed E-state index contributed by atoms with van der Waals surface area (Å²) in [7, 11) is 1.61. The number of nitrogens with zero attached hydrogens (tertiary/aromatic N) is 2. The molecule has 0 saturated carbocycles. The van der Waals surface area contributed by atoms with E-state index in [-0.39, 0.29) is 6.17 Å². The van der Waals surface area contributed by atoms with Crippen LogP contribution in [0.25, 0.3) is 0 Å². The van der Waals surface area contributed by atoms with Crippen LogP contribution in [0.1, 0.15) is 30.3 Å². The first-order valence-electron chi connectivity index (χ1n) is 8.99. The zero-order valence-electron chi connectivity index (χ0n) is 15.4. The Morgan fingerprint density at radius 1 is 1.41 bits per heavy atom. The second kappa shape index (κ2) is 9.24. The third-order valence-electron chi connectivity index (χ3n) is 4.38. The number of anilines is 1. The van der Waals surface area contributed by atoms with Crippen molar-refractivity contribution in [3.63, 3.8) is 0 Å². The fraction of sp³-hybridized carbons (Fsp3) is 0.444. The number of carbonyl (C=O) groups excluding carboxylic acids is 1. The number of amides is 1. The summed E-state index contributed by atoms with van der Waals surface area (Å²) in [5, 5.41) is 9.07. The summed E-state index contributed by atoms with van der Waals surface area (Å²) in [6.07, 6.45) is 2.75. The minimum atomic E-state index is -0.431. The van der Waals surface area contributed by atoms with E-state index >= 15 is 0 Å². The molecule has 0 saturated heterocycles. The number of aromatic nitrogens is 2. The fourth-order valence-corrected chi connectivity index (χ4v) is 2.95. The van der Waals surface area contributed by atoms with Crippen molar-refractivity contribution in [3.8, 4) is 5.75 Å². The van der Waals surface area contributed by atoms with Crippen LogP contribution in [-0.2, 0) is 17.8 Å². The lowest BCUT2D eigenvalue weighted by Crippen LogP contribution is -2.38.